The van der Waals surface area contributed by atoms with Crippen LogP contribution in [0, 0.1) is 6.92 Å². The number of nitrogens with one attached hydrogen (secondary N) is 1. The molecule has 1 aromatic carbocycles. The zero-order valence-electron chi connectivity index (χ0n) is 21.6. The van der Waals surface area contributed by atoms with Crippen molar-refractivity contribution in [1.29, 1.82) is 0 Å². The predicted molar refractivity (Wildman–Crippen MR) is 133 cm³/mol. The number of carbonyl (C=O) groups excluding carboxylic acids is 2. The van der Waals surface area contributed by atoms with E-state index in [0.717, 1.165) is 70.9 Å². The number of aryl methyl sites for hydroxylation is 1. The molecular weight excluding hydrogens is 491 g/mol. The summed E-state index contributed by atoms with van der Waals surface area (Å²) in [6.45, 7) is 11.8. The van der Waals surface area contributed by atoms with Crippen LogP contribution in [0.3, 0.4) is 0 Å². The number of alkyl halides is 3. The minimum atomic E-state index is -5.08. The molecule has 2 aliphatic heterocycles. The fourth-order valence-electron chi connectivity index (χ4n) is 4.05. The molecule has 0 bridgehead atoms. The van der Waals surface area contributed by atoms with Crippen LogP contribution in [0.4, 0.5) is 13.2 Å². The van der Waals surface area contributed by atoms with Gasteiger partial charge in [0.05, 0.1) is 0 Å². The molecule has 1 aromatic rings. The highest BCUT2D eigenvalue weighted by Crippen LogP contribution is 2.13. The minimum Gasteiger partial charge on any atom is -0.475 e. The second kappa shape index (κ2) is 14.9. The van der Waals surface area contributed by atoms with Crippen LogP contribution in [-0.4, -0.2) is 128 Å². The van der Waals surface area contributed by atoms with Gasteiger partial charge in [0.25, 0.3) is 5.91 Å². The number of carboxylic acid groups (broad SMARTS) is 1. The third kappa shape index (κ3) is 11.1. The van der Waals surface area contributed by atoms with Crippen LogP contribution in [0.25, 0.3) is 0 Å². The standard InChI is InChI=1S/C23H37N5O2.C2HF3O2/c1-20-4-6-21(7-5-20)23(30)28(12-3-11-26-18-16-25(2)17-19-26)13-8-22(29)27-14-9-24-10-15-27;3-2(4,5)1(6)7/h4-7,24H,3,8-19H2,1-2H3;(H,6,7). The van der Waals surface area contributed by atoms with Crippen LogP contribution < -0.4 is 5.32 Å². The van der Waals surface area contributed by atoms with Crippen LogP contribution in [0.2, 0.25) is 0 Å². The quantitative estimate of drug-likeness (QED) is 0.527. The largest absolute Gasteiger partial charge is 0.490 e. The topological polar surface area (TPSA) is 96.4 Å². The summed E-state index contributed by atoms with van der Waals surface area (Å²) in [7, 11) is 2.16. The summed E-state index contributed by atoms with van der Waals surface area (Å²) < 4.78 is 31.7. The molecule has 2 saturated heterocycles. The van der Waals surface area contributed by atoms with E-state index in [1.807, 2.05) is 41.0 Å². The first-order valence-electron chi connectivity index (χ1n) is 12.5. The Hall–Kier alpha value is -2.70. The van der Waals surface area contributed by atoms with Gasteiger partial charge in [-0.25, -0.2) is 4.79 Å². The SMILES string of the molecule is Cc1ccc(C(=O)N(CCCN2CCN(C)CC2)CCC(=O)N2CCNCC2)cc1.O=C(O)C(F)(F)F. The summed E-state index contributed by atoms with van der Waals surface area (Å²) in [6.07, 6.45) is -3.75. The molecule has 208 valence electrons. The molecule has 0 atom stereocenters. The van der Waals surface area contributed by atoms with Crippen molar-refractivity contribution < 1.29 is 32.7 Å². The second-order valence-corrected chi connectivity index (χ2v) is 9.34. The van der Waals surface area contributed by atoms with Gasteiger partial charge in [-0.3, -0.25) is 9.59 Å². The van der Waals surface area contributed by atoms with Crippen molar-refractivity contribution >= 4 is 17.8 Å². The van der Waals surface area contributed by atoms with Crippen LogP contribution in [0.1, 0.15) is 28.8 Å². The first kappa shape index (κ1) is 30.5. The summed E-state index contributed by atoms with van der Waals surface area (Å²) >= 11 is 0. The van der Waals surface area contributed by atoms with E-state index in [0.29, 0.717) is 25.1 Å². The lowest BCUT2D eigenvalue weighted by Gasteiger charge is -2.33. The van der Waals surface area contributed by atoms with Crippen molar-refractivity contribution in [3.05, 3.63) is 35.4 Å². The molecular formula is C25H38F3N5O4. The molecule has 9 nitrogen and oxygen atoms in total. The van der Waals surface area contributed by atoms with Crippen molar-refractivity contribution in [2.75, 3.05) is 79.0 Å². The van der Waals surface area contributed by atoms with E-state index in [4.69, 9.17) is 9.90 Å². The monoisotopic (exact) mass is 529 g/mol. The number of rotatable bonds is 8. The lowest BCUT2D eigenvalue weighted by molar-refractivity contribution is -0.192. The number of carboxylic acids is 1. The Kier molecular flexibility index (Phi) is 12.3. The molecule has 2 amide bonds. The van der Waals surface area contributed by atoms with E-state index in [1.54, 1.807) is 0 Å². The van der Waals surface area contributed by atoms with Gasteiger partial charge in [-0.2, -0.15) is 13.2 Å². The second-order valence-electron chi connectivity index (χ2n) is 9.34. The average Bonchev–Trinajstić information content (AvgIpc) is 2.87. The van der Waals surface area contributed by atoms with Gasteiger partial charge in [0.2, 0.25) is 5.91 Å². The Labute approximate surface area is 216 Å². The van der Waals surface area contributed by atoms with Gasteiger partial charge < -0.3 is 30.0 Å². The van der Waals surface area contributed by atoms with Crippen molar-refractivity contribution in [3.8, 4) is 0 Å². The zero-order valence-corrected chi connectivity index (χ0v) is 21.6. The van der Waals surface area contributed by atoms with Crippen molar-refractivity contribution in [2.24, 2.45) is 0 Å². The maximum Gasteiger partial charge on any atom is 0.490 e. The third-order valence-corrected chi connectivity index (χ3v) is 6.39. The van der Waals surface area contributed by atoms with Gasteiger partial charge in [0.1, 0.15) is 0 Å². The third-order valence-electron chi connectivity index (χ3n) is 6.39. The number of halogens is 3. The fourth-order valence-corrected chi connectivity index (χ4v) is 4.05. The lowest BCUT2D eigenvalue weighted by atomic mass is 10.1. The highest BCUT2D eigenvalue weighted by molar-refractivity contribution is 5.94. The van der Waals surface area contributed by atoms with Gasteiger partial charge in [-0.05, 0) is 39.1 Å². The summed E-state index contributed by atoms with van der Waals surface area (Å²) in [5, 5.41) is 10.4. The molecule has 0 radical (unpaired) electrons. The molecule has 2 N–H and O–H groups in total. The molecule has 2 aliphatic rings. The van der Waals surface area contributed by atoms with E-state index in [1.165, 1.54) is 0 Å². The molecule has 0 aliphatic carbocycles. The number of carbonyl (C=O) groups is 3. The number of hydrogen-bond acceptors (Lipinski definition) is 6. The number of benzene rings is 1. The number of likely N-dealkylation sites (N-methyl/N-ethyl adjacent to an activating group) is 1. The molecule has 12 heteroatoms. The predicted octanol–water partition coefficient (Wildman–Crippen LogP) is 1.53. The first-order valence-corrected chi connectivity index (χ1v) is 12.5. The fraction of sp³-hybridized carbons (Fsp3) is 0.640. The highest BCUT2D eigenvalue weighted by atomic mass is 19.4. The van der Waals surface area contributed by atoms with Crippen LogP contribution in [-0.2, 0) is 9.59 Å². The summed E-state index contributed by atoms with van der Waals surface area (Å²) in [5.74, 6) is -2.58. The van der Waals surface area contributed by atoms with E-state index in [2.05, 4.69) is 22.2 Å². The number of hydrogen-bond donors (Lipinski definition) is 2. The molecule has 37 heavy (non-hydrogen) atoms. The maximum absolute atomic E-state index is 13.1. The van der Waals surface area contributed by atoms with Gasteiger partial charge in [-0.1, -0.05) is 17.7 Å². The average molecular weight is 530 g/mol. The first-order chi connectivity index (χ1) is 17.5. The zero-order chi connectivity index (χ0) is 27.4. The number of amides is 2. The van der Waals surface area contributed by atoms with Crippen molar-refractivity contribution in [3.63, 3.8) is 0 Å². The lowest BCUT2D eigenvalue weighted by Crippen LogP contribution is -2.47. The maximum atomic E-state index is 13.1. The normalized spacial score (nSPS) is 17.1. The van der Waals surface area contributed by atoms with E-state index < -0.39 is 12.1 Å². The molecule has 3 rings (SSSR count). The van der Waals surface area contributed by atoms with Gasteiger partial charge in [-0.15, -0.1) is 0 Å². The van der Waals surface area contributed by atoms with E-state index in [9.17, 15) is 22.8 Å². The van der Waals surface area contributed by atoms with E-state index in [-0.39, 0.29) is 11.8 Å². The molecule has 2 heterocycles. The Morgan fingerprint density at radius 3 is 2.08 bits per heavy atom. The van der Waals surface area contributed by atoms with Crippen molar-refractivity contribution in [1.82, 2.24) is 24.9 Å². The van der Waals surface area contributed by atoms with Gasteiger partial charge in [0, 0.05) is 77.4 Å². The number of nitrogens with zero attached hydrogens (tertiary/aromatic N) is 4. The smallest absolute Gasteiger partial charge is 0.475 e. The number of aliphatic carboxylic acids is 1. The molecule has 2 fully saturated rings. The summed E-state index contributed by atoms with van der Waals surface area (Å²) in [5.41, 5.74) is 1.84. The van der Waals surface area contributed by atoms with E-state index >= 15 is 0 Å². The minimum absolute atomic E-state index is 0.0292. The van der Waals surface area contributed by atoms with Crippen LogP contribution in [0.5, 0.6) is 0 Å². The Balaban J connectivity index is 0.000000604. The van der Waals surface area contributed by atoms with Gasteiger partial charge >= 0.3 is 12.1 Å². The van der Waals surface area contributed by atoms with Crippen molar-refractivity contribution in [2.45, 2.75) is 25.9 Å². The highest BCUT2D eigenvalue weighted by Gasteiger charge is 2.38. The molecule has 0 unspecified atom stereocenters. The Bertz CT molecular complexity index is 868. The summed E-state index contributed by atoms with van der Waals surface area (Å²) in [4.78, 5) is 43.3. The number of piperazine rings is 2. The van der Waals surface area contributed by atoms with Crippen LogP contribution in [0.15, 0.2) is 24.3 Å². The van der Waals surface area contributed by atoms with Gasteiger partial charge in [0.15, 0.2) is 0 Å². The molecule has 0 aromatic heterocycles. The molecule has 0 spiro atoms. The molecule has 0 saturated carbocycles. The Morgan fingerprint density at radius 1 is 0.973 bits per heavy atom. The Morgan fingerprint density at radius 2 is 1.54 bits per heavy atom. The van der Waals surface area contributed by atoms with Crippen LogP contribution >= 0.6 is 0 Å². The summed E-state index contributed by atoms with van der Waals surface area (Å²) in [6, 6.07) is 7.73.